The van der Waals surface area contributed by atoms with E-state index in [0.717, 1.165) is 51.1 Å². The number of aliphatic hydroxyl groups excluding tert-OH is 2. The van der Waals surface area contributed by atoms with E-state index in [4.69, 9.17) is 4.74 Å². The van der Waals surface area contributed by atoms with Crippen LogP contribution in [-0.2, 0) is 20.9 Å². The Balaban J connectivity index is 1.33. The number of ether oxygens (including phenoxy) is 1. The Hall–Kier alpha value is -4.29. The van der Waals surface area contributed by atoms with Crippen molar-refractivity contribution in [3.05, 3.63) is 82.1 Å². The number of benzene rings is 1. The van der Waals surface area contributed by atoms with Gasteiger partial charge in [0.2, 0.25) is 5.91 Å². The molecule has 0 aliphatic heterocycles. The molecule has 0 radical (unpaired) electrons. The first-order valence-electron chi connectivity index (χ1n) is 16.5. The summed E-state index contributed by atoms with van der Waals surface area (Å²) in [6.45, 7) is 1.70. The molecule has 2 aromatic rings. The number of nitrogens with zero attached hydrogens (tertiary/aromatic N) is 1. The minimum absolute atomic E-state index is 0.00250. The van der Waals surface area contributed by atoms with Crippen LogP contribution in [0.3, 0.4) is 0 Å². The average Bonchev–Trinajstić information content (AvgIpc) is 3.86. The zero-order valence-electron chi connectivity index (χ0n) is 26.9. The fourth-order valence-electron chi connectivity index (χ4n) is 5.04. The maximum Gasteiger partial charge on any atom is 0.305 e. The van der Waals surface area contributed by atoms with E-state index >= 15 is 0 Å². The molecule has 1 aromatic carbocycles. The second kappa shape index (κ2) is 19.3. The van der Waals surface area contributed by atoms with Gasteiger partial charge in [0, 0.05) is 12.0 Å². The number of fused-ring (bicyclic) bond motifs is 1. The van der Waals surface area contributed by atoms with Crippen molar-refractivity contribution in [3.8, 4) is 11.8 Å². The second-order valence-electron chi connectivity index (χ2n) is 11.9. The molecule has 1 fully saturated rings. The number of rotatable bonds is 19. The molecule has 1 amide bonds. The molecule has 1 aliphatic carbocycles. The smallest absolute Gasteiger partial charge is 0.305 e. The molecule has 0 unspecified atom stereocenters. The topological polar surface area (TPSA) is 138 Å². The molecule has 1 aliphatic rings. The van der Waals surface area contributed by atoms with Crippen molar-refractivity contribution in [1.29, 1.82) is 0 Å². The number of aromatic nitrogens is 1. The maximum absolute atomic E-state index is 12.7. The lowest BCUT2D eigenvalue weighted by Crippen LogP contribution is -2.32. The van der Waals surface area contributed by atoms with Crippen LogP contribution in [0.15, 0.2) is 65.3 Å². The lowest BCUT2D eigenvalue weighted by atomic mass is 10.1. The zero-order chi connectivity index (χ0) is 33.2. The molecule has 9 nitrogen and oxygen atoms in total. The third kappa shape index (κ3) is 11.6. The third-order valence-electron chi connectivity index (χ3n) is 8.10. The maximum atomic E-state index is 12.7. The van der Waals surface area contributed by atoms with Crippen LogP contribution in [-0.4, -0.2) is 38.6 Å². The largest absolute Gasteiger partial charge is 0.500 e. The molecule has 0 saturated heterocycles. The van der Waals surface area contributed by atoms with E-state index in [0.29, 0.717) is 29.4 Å². The van der Waals surface area contributed by atoms with Gasteiger partial charge in [-0.1, -0.05) is 81.4 Å². The third-order valence-corrected chi connectivity index (χ3v) is 8.10. The summed E-state index contributed by atoms with van der Waals surface area (Å²) in [5, 5.41) is 32.7. The highest BCUT2D eigenvalue weighted by Gasteiger charge is 2.50. The Morgan fingerprint density at radius 3 is 2.41 bits per heavy atom. The van der Waals surface area contributed by atoms with Gasteiger partial charge < -0.3 is 25.5 Å². The first-order valence-corrected chi connectivity index (χ1v) is 16.5. The predicted molar refractivity (Wildman–Crippen MR) is 179 cm³/mol. The van der Waals surface area contributed by atoms with Crippen molar-refractivity contribution in [1.82, 2.24) is 10.0 Å². The van der Waals surface area contributed by atoms with Crippen molar-refractivity contribution in [3.63, 3.8) is 0 Å². The SMILES string of the molecule is CCCCC/C=C\C/C=C\CCCCCCCC(=O)OCC1(C(=O)N/C=C(\O)C#Cc2cccc3cc(CO)n(O)c(=O)c23)CC1. The van der Waals surface area contributed by atoms with Crippen molar-refractivity contribution in [2.75, 3.05) is 6.61 Å². The van der Waals surface area contributed by atoms with Crippen molar-refractivity contribution in [2.45, 2.75) is 103 Å². The summed E-state index contributed by atoms with van der Waals surface area (Å²) in [6, 6.07) is 6.34. The average molecular weight is 633 g/mol. The summed E-state index contributed by atoms with van der Waals surface area (Å²) in [5.74, 6) is 4.06. The number of esters is 1. The van der Waals surface area contributed by atoms with Gasteiger partial charge in [0.05, 0.1) is 29.3 Å². The van der Waals surface area contributed by atoms with Crippen LogP contribution in [0.4, 0.5) is 0 Å². The molecule has 1 saturated carbocycles. The molecule has 4 N–H and O–H groups in total. The lowest BCUT2D eigenvalue weighted by molar-refractivity contribution is -0.147. The highest BCUT2D eigenvalue weighted by atomic mass is 16.5. The Kier molecular flexibility index (Phi) is 15.2. The van der Waals surface area contributed by atoms with Gasteiger partial charge in [-0.15, -0.1) is 4.73 Å². The number of pyridine rings is 1. The summed E-state index contributed by atoms with van der Waals surface area (Å²) in [7, 11) is 0. The van der Waals surface area contributed by atoms with Gasteiger partial charge in [-0.2, -0.15) is 0 Å². The molecule has 9 heteroatoms. The molecule has 248 valence electrons. The molecular weight excluding hydrogens is 584 g/mol. The van der Waals surface area contributed by atoms with E-state index in [-0.39, 0.29) is 35.1 Å². The van der Waals surface area contributed by atoms with Gasteiger partial charge in [0.25, 0.3) is 5.56 Å². The molecular formula is C37H48N2O7. The van der Waals surface area contributed by atoms with Crippen LogP contribution < -0.4 is 10.9 Å². The number of allylic oxidation sites excluding steroid dienone is 5. The van der Waals surface area contributed by atoms with Gasteiger partial charge in [0.15, 0.2) is 5.76 Å². The van der Waals surface area contributed by atoms with Crippen molar-refractivity contribution >= 4 is 22.6 Å². The van der Waals surface area contributed by atoms with E-state index < -0.39 is 23.3 Å². The van der Waals surface area contributed by atoms with Crippen molar-refractivity contribution in [2.24, 2.45) is 5.41 Å². The molecule has 1 heterocycles. The number of amides is 1. The number of hydrogen-bond acceptors (Lipinski definition) is 7. The summed E-state index contributed by atoms with van der Waals surface area (Å²) in [5.41, 5.74) is -1.25. The molecule has 0 spiro atoms. The van der Waals surface area contributed by atoms with E-state index in [2.05, 4.69) is 48.4 Å². The molecule has 0 bridgehead atoms. The van der Waals surface area contributed by atoms with Crippen LogP contribution in [0.2, 0.25) is 0 Å². The molecule has 3 rings (SSSR count). The Morgan fingerprint density at radius 2 is 1.72 bits per heavy atom. The summed E-state index contributed by atoms with van der Waals surface area (Å²) in [6.07, 6.45) is 23.7. The number of carbonyl (C=O) groups excluding carboxylic acids is 2. The first kappa shape index (κ1) is 36.2. The van der Waals surface area contributed by atoms with Crippen LogP contribution in [0, 0.1) is 17.3 Å². The van der Waals surface area contributed by atoms with Gasteiger partial charge in [-0.05, 0) is 74.8 Å². The fourth-order valence-corrected chi connectivity index (χ4v) is 5.04. The van der Waals surface area contributed by atoms with E-state index in [9.17, 15) is 29.8 Å². The molecule has 0 atom stereocenters. The first-order chi connectivity index (χ1) is 22.3. The normalized spacial score (nSPS) is 14.0. The van der Waals surface area contributed by atoms with Gasteiger partial charge in [-0.3, -0.25) is 14.4 Å². The minimum Gasteiger partial charge on any atom is -0.500 e. The number of unbranched alkanes of at least 4 members (excludes halogenated alkanes) is 8. The van der Waals surface area contributed by atoms with Gasteiger partial charge in [-0.25, -0.2) is 0 Å². The van der Waals surface area contributed by atoms with Crippen LogP contribution in [0.25, 0.3) is 10.8 Å². The Morgan fingerprint density at radius 1 is 1.02 bits per heavy atom. The number of hydrogen-bond donors (Lipinski definition) is 4. The van der Waals surface area contributed by atoms with Crippen LogP contribution in [0.1, 0.15) is 108 Å². The Labute approximate surface area is 271 Å². The van der Waals surface area contributed by atoms with Gasteiger partial charge >= 0.3 is 5.97 Å². The van der Waals surface area contributed by atoms with Gasteiger partial charge in [0.1, 0.15) is 6.61 Å². The number of carbonyl (C=O) groups is 2. The predicted octanol–water partition coefficient (Wildman–Crippen LogP) is 6.74. The Bertz CT molecular complexity index is 1520. The quantitative estimate of drug-likeness (QED) is 0.0336. The van der Waals surface area contributed by atoms with E-state index in [1.54, 1.807) is 18.2 Å². The van der Waals surface area contributed by atoms with Crippen molar-refractivity contribution < 1.29 is 29.7 Å². The van der Waals surface area contributed by atoms with E-state index in [1.807, 2.05) is 0 Å². The monoisotopic (exact) mass is 632 g/mol. The number of aliphatic hydroxyl groups is 2. The highest BCUT2D eigenvalue weighted by molar-refractivity contribution is 5.88. The summed E-state index contributed by atoms with van der Waals surface area (Å²) < 4.78 is 5.77. The lowest BCUT2D eigenvalue weighted by Gasteiger charge is -2.14. The summed E-state index contributed by atoms with van der Waals surface area (Å²) in [4.78, 5) is 37.5. The van der Waals surface area contributed by atoms with Crippen LogP contribution in [0.5, 0.6) is 0 Å². The molecule has 1 aromatic heterocycles. The van der Waals surface area contributed by atoms with E-state index in [1.165, 1.54) is 31.7 Å². The zero-order valence-corrected chi connectivity index (χ0v) is 26.9. The molecule has 46 heavy (non-hydrogen) atoms. The standard InChI is InChI=1S/C37H48N2O7/c1-2-3-4-5-6-7-8-9-10-11-12-13-14-15-16-20-33(42)46-28-37(23-24-37)36(44)38-26-32(41)22-21-29-18-17-19-30-25-31(27-40)39(45)35(43)34(29)30/h6-7,9-10,17-19,25-26,40-41,45H,2-5,8,11-16,20,23-24,27-28H2,1H3,(H,38,44)/b7-6-,10-9-,32-26-. The highest BCUT2D eigenvalue weighted by Crippen LogP contribution is 2.46. The van der Waals surface area contributed by atoms with Crippen LogP contribution >= 0.6 is 0 Å². The number of nitrogens with one attached hydrogen (secondary N) is 1. The minimum atomic E-state index is -0.801. The summed E-state index contributed by atoms with van der Waals surface area (Å²) >= 11 is 0. The fraction of sp³-hybridized carbons (Fsp3) is 0.486. The second-order valence-corrected chi connectivity index (χ2v) is 11.9.